The van der Waals surface area contributed by atoms with Gasteiger partial charge in [0, 0.05) is 12.2 Å². The number of nitrogens with zero attached hydrogens (tertiary/aromatic N) is 2. The van der Waals surface area contributed by atoms with Crippen LogP contribution in [-0.2, 0) is 14.3 Å². The van der Waals surface area contributed by atoms with Crippen LogP contribution in [0.5, 0.6) is 0 Å². The number of nitriles is 1. The quantitative estimate of drug-likeness (QED) is 0.558. The van der Waals surface area contributed by atoms with Crippen LogP contribution in [0.2, 0.25) is 0 Å². The lowest BCUT2D eigenvalue weighted by molar-refractivity contribution is -0.142. The number of amides is 1. The molecule has 25 heavy (non-hydrogen) atoms. The molecule has 124 valence electrons. The van der Waals surface area contributed by atoms with Gasteiger partial charge in [-0.05, 0) is 23.6 Å². The van der Waals surface area contributed by atoms with Crippen LogP contribution in [-0.4, -0.2) is 23.5 Å². The first-order chi connectivity index (χ1) is 12.2. The first-order valence-corrected chi connectivity index (χ1v) is 8.01. The second-order valence-corrected chi connectivity index (χ2v) is 5.70. The molecule has 8 heteroatoms. The van der Waals surface area contributed by atoms with Gasteiger partial charge in [-0.25, -0.2) is 9.78 Å². The molecule has 2 heterocycles. The molecule has 0 atom stereocenters. The zero-order valence-corrected chi connectivity index (χ0v) is 13.6. The standard InChI is InChI=1S/C17H11N3O4S/c18-9-11-7-8-25-17(11)20-14(21)10-23-16(22)6-5-15-19-12-3-1-2-4-13(12)24-15/h1-8H,10H2,(H,20,21)/b6-5+. The highest BCUT2D eigenvalue weighted by atomic mass is 32.1. The average Bonchev–Trinajstić information content (AvgIpc) is 3.23. The van der Waals surface area contributed by atoms with Gasteiger partial charge in [0.25, 0.3) is 5.91 Å². The van der Waals surface area contributed by atoms with Crippen molar-refractivity contribution in [2.75, 3.05) is 11.9 Å². The molecule has 0 unspecified atom stereocenters. The lowest BCUT2D eigenvalue weighted by Gasteiger charge is -2.03. The van der Waals surface area contributed by atoms with E-state index in [1.54, 1.807) is 23.6 Å². The van der Waals surface area contributed by atoms with Crippen molar-refractivity contribution in [3.8, 4) is 6.07 Å². The molecular weight excluding hydrogens is 342 g/mol. The van der Waals surface area contributed by atoms with Gasteiger partial charge in [-0.15, -0.1) is 11.3 Å². The van der Waals surface area contributed by atoms with Crippen LogP contribution in [0.25, 0.3) is 17.2 Å². The molecule has 0 saturated heterocycles. The smallest absolute Gasteiger partial charge is 0.331 e. The number of hydrogen-bond donors (Lipinski definition) is 1. The number of nitrogens with one attached hydrogen (secondary N) is 1. The van der Waals surface area contributed by atoms with E-state index >= 15 is 0 Å². The van der Waals surface area contributed by atoms with E-state index in [4.69, 9.17) is 14.4 Å². The van der Waals surface area contributed by atoms with E-state index in [2.05, 4.69) is 10.3 Å². The van der Waals surface area contributed by atoms with Gasteiger partial charge >= 0.3 is 5.97 Å². The van der Waals surface area contributed by atoms with Crippen molar-refractivity contribution >= 4 is 45.4 Å². The maximum Gasteiger partial charge on any atom is 0.331 e. The molecule has 1 aromatic carbocycles. The second kappa shape index (κ2) is 7.42. The van der Waals surface area contributed by atoms with E-state index in [0.29, 0.717) is 21.7 Å². The van der Waals surface area contributed by atoms with E-state index in [9.17, 15) is 9.59 Å². The lowest BCUT2D eigenvalue weighted by Crippen LogP contribution is -2.19. The molecule has 0 bridgehead atoms. The molecule has 1 amide bonds. The van der Waals surface area contributed by atoms with Crippen molar-refractivity contribution in [1.82, 2.24) is 4.98 Å². The third-order valence-electron chi connectivity index (χ3n) is 3.06. The number of thiophene rings is 1. The lowest BCUT2D eigenvalue weighted by atomic mass is 10.3. The molecular formula is C17H11N3O4S. The minimum absolute atomic E-state index is 0.264. The van der Waals surface area contributed by atoms with Crippen molar-refractivity contribution < 1.29 is 18.7 Å². The van der Waals surface area contributed by atoms with Crippen molar-refractivity contribution in [3.63, 3.8) is 0 Å². The van der Waals surface area contributed by atoms with Crippen LogP contribution in [0.1, 0.15) is 11.5 Å². The number of aromatic nitrogens is 1. The predicted molar refractivity (Wildman–Crippen MR) is 91.7 cm³/mol. The number of benzene rings is 1. The van der Waals surface area contributed by atoms with Crippen LogP contribution < -0.4 is 5.32 Å². The van der Waals surface area contributed by atoms with Crippen LogP contribution in [0.3, 0.4) is 0 Å². The maximum atomic E-state index is 11.7. The molecule has 1 N–H and O–H groups in total. The van der Waals surface area contributed by atoms with Crippen molar-refractivity contribution in [2.24, 2.45) is 0 Å². The zero-order valence-electron chi connectivity index (χ0n) is 12.8. The second-order valence-electron chi connectivity index (χ2n) is 4.78. The Kier molecular flexibility index (Phi) is 4.87. The monoisotopic (exact) mass is 353 g/mol. The Morgan fingerprint density at radius 1 is 1.36 bits per heavy atom. The zero-order chi connectivity index (χ0) is 17.6. The van der Waals surface area contributed by atoms with Gasteiger partial charge in [0.15, 0.2) is 12.2 Å². The molecule has 3 aromatic rings. The van der Waals surface area contributed by atoms with Crippen molar-refractivity contribution in [2.45, 2.75) is 0 Å². The third kappa shape index (κ3) is 4.10. The average molecular weight is 353 g/mol. The Morgan fingerprint density at radius 3 is 3.00 bits per heavy atom. The van der Waals surface area contributed by atoms with Gasteiger partial charge in [0.1, 0.15) is 16.6 Å². The molecule has 0 aliphatic rings. The van der Waals surface area contributed by atoms with Crippen LogP contribution in [0, 0.1) is 11.3 Å². The third-order valence-corrected chi connectivity index (χ3v) is 3.89. The SMILES string of the molecule is N#Cc1ccsc1NC(=O)COC(=O)/C=C/c1nc2ccccc2o1. The molecule has 0 spiro atoms. The molecule has 0 aliphatic carbocycles. The Labute approximate surface area is 146 Å². The van der Waals surface area contributed by atoms with Gasteiger partial charge in [-0.2, -0.15) is 5.26 Å². The molecule has 0 fully saturated rings. The highest BCUT2D eigenvalue weighted by Crippen LogP contribution is 2.21. The number of esters is 1. The van der Waals surface area contributed by atoms with Gasteiger partial charge in [0.2, 0.25) is 5.89 Å². The topological polar surface area (TPSA) is 105 Å². The van der Waals surface area contributed by atoms with Gasteiger partial charge in [-0.1, -0.05) is 12.1 Å². The Hall–Kier alpha value is -3.44. The fourth-order valence-electron chi connectivity index (χ4n) is 1.94. The number of carbonyl (C=O) groups excluding carboxylic acids is 2. The van der Waals surface area contributed by atoms with E-state index in [-0.39, 0.29) is 5.89 Å². The number of anilines is 1. The van der Waals surface area contributed by atoms with E-state index in [1.807, 2.05) is 18.2 Å². The molecule has 2 aromatic heterocycles. The highest BCUT2D eigenvalue weighted by Gasteiger charge is 2.10. The first kappa shape index (κ1) is 16.4. The van der Waals surface area contributed by atoms with Crippen molar-refractivity contribution in [3.05, 3.63) is 53.2 Å². The van der Waals surface area contributed by atoms with Gasteiger partial charge in [-0.3, -0.25) is 4.79 Å². The largest absolute Gasteiger partial charge is 0.452 e. The summed E-state index contributed by atoms with van der Waals surface area (Å²) in [5.41, 5.74) is 1.65. The van der Waals surface area contributed by atoms with Crippen LogP contribution in [0.15, 0.2) is 46.2 Å². The predicted octanol–water partition coefficient (Wildman–Crippen LogP) is 2.96. The van der Waals surface area contributed by atoms with Crippen LogP contribution >= 0.6 is 11.3 Å². The first-order valence-electron chi connectivity index (χ1n) is 7.13. The summed E-state index contributed by atoms with van der Waals surface area (Å²) in [7, 11) is 0. The number of hydrogen-bond acceptors (Lipinski definition) is 7. The van der Waals surface area contributed by atoms with E-state index < -0.39 is 18.5 Å². The Bertz CT molecular complexity index is 964. The number of carbonyl (C=O) groups is 2. The highest BCUT2D eigenvalue weighted by molar-refractivity contribution is 7.14. The summed E-state index contributed by atoms with van der Waals surface area (Å²) >= 11 is 1.22. The maximum absolute atomic E-state index is 11.7. The summed E-state index contributed by atoms with van der Waals surface area (Å²) in [4.78, 5) is 27.6. The minimum atomic E-state index is -0.705. The number of oxazole rings is 1. The molecule has 0 radical (unpaired) electrons. The van der Waals surface area contributed by atoms with E-state index in [1.165, 1.54) is 17.4 Å². The van der Waals surface area contributed by atoms with Crippen LogP contribution in [0.4, 0.5) is 5.00 Å². The Morgan fingerprint density at radius 2 is 2.20 bits per heavy atom. The minimum Gasteiger partial charge on any atom is -0.452 e. The molecule has 7 nitrogen and oxygen atoms in total. The fraction of sp³-hybridized carbons (Fsp3) is 0.0588. The Balaban J connectivity index is 1.52. The summed E-state index contributed by atoms with van der Waals surface area (Å²) in [6, 6.07) is 10.8. The summed E-state index contributed by atoms with van der Waals surface area (Å²) in [6.07, 6.45) is 2.50. The molecule has 0 aliphatic heterocycles. The fourth-order valence-corrected chi connectivity index (χ4v) is 2.70. The van der Waals surface area contributed by atoms with Crippen molar-refractivity contribution in [1.29, 1.82) is 5.26 Å². The number of fused-ring (bicyclic) bond motifs is 1. The van der Waals surface area contributed by atoms with Gasteiger partial charge in [0.05, 0.1) is 5.56 Å². The normalized spacial score (nSPS) is 10.7. The summed E-state index contributed by atoms with van der Waals surface area (Å²) < 4.78 is 10.3. The number of para-hydroxylation sites is 2. The summed E-state index contributed by atoms with van der Waals surface area (Å²) in [5, 5.41) is 13.5. The number of rotatable bonds is 5. The number of ether oxygens (including phenoxy) is 1. The van der Waals surface area contributed by atoms with Gasteiger partial charge < -0.3 is 14.5 Å². The molecule has 3 rings (SSSR count). The summed E-state index contributed by atoms with van der Waals surface area (Å²) in [6.45, 7) is -0.459. The van der Waals surface area contributed by atoms with E-state index in [0.717, 1.165) is 6.08 Å². The summed E-state index contributed by atoms with van der Waals surface area (Å²) in [5.74, 6) is -0.966. The molecule has 0 saturated carbocycles.